The normalized spacial score (nSPS) is 5.79. The van der Waals surface area contributed by atoms with Crippen molar-refractivity contribution in [3.8, 4) is 0 Å². The van der Waals surface area contributed by atoms with Gasteiger partial charge in [-0.15, -0.1) is 19.7 Å². The summed E-state index contributed by atoms with van der Waals surface area (Å²) in [6.07, 6.45) is 5.25. The Balaban J connectivity index is -0.0000000495. The Bertz CT molecular complexity index is 72.1. The lowest BCUT2D eigenvalue weighted by molar-refractivity contribution is -0.00271. The molecular weight excluding hydrogens is 176 g/mol. The third-order valence-electron chi connectivity index (χ3n) is 0.236. The van der Waals surface area contributed by atoms with Crippen LogP contribution in [0.3, 0.4) is 0 Å². The molecule has 0 saturated carbocycles. The third-order valence-corrected chi connectivity index (χ3v) is 0.236. The number of rotatable bonds is 2. The van der Waals surface area contributed by atoms with Crippen molar-refractivity contribution in [2.45, 2.75) is 20.8 Å². The van der Waals surface area contributed by atoms with Crippen LogP contribution in [0.4, 0.5) is 0 Å². The molecule has 0 aromatic rings. The second-order valence-corrected chi connectivity index (χ2v) is 1.92. The van der Waals surface area contributed by atoms with Crippen molar-refractivity contribution in [3.05, 3.63) is 38.0 Å². The highest BCUT2D eigenvalue weighted by Crippen LogP contribution is 1.60. The molecule has 0 saturated heterocycles. The van der Waals surface area contributed by atoms with Crippen molar-refractivity contribution in [2.75, 3.05) is 21.0 Å². The highest BCUT2D eigenvalue weighted by molar-refractivity contribution is 4.52. The molecule has 0 aliphatic rings. The fraction of sp³-hybridized carbons (Fsp3) is 0.500. The van der Waals surface area contributed by atoms with Crippen molar-refractivity contribution in [2.24, 2.45) is 0 Å². The Labute approximate surface area is 89.9 Å². The maximum absolute atomic E-state index is 4.47. The minimum absolute atomic E-state index is 0.389. The fourth-order valence-corrected chi connectivity index (χ4v) is 0.118. The Morgan fingerprint density at radius 2 is 0.929 bits per heavy atom. The van der Waals surface area contributed by atoms with E-state index < -0.39 is 0 Å². The Hall–Kier alpha value is -0.860. The molecule has 0 spiro atoms. The lowest BCUT2D eigenvalue weighted by atomic mass is 10.8. The first-order valence-electron chi connectivity index (χ1n) is 4.35. The summed E-state index contributed by atoms with van der Waals surface area (Å²) >= 11 is 0. The van der Waals surface area contributed by atoms with Gasteiger partial charge < -0.3 is 9.47 Å². The summed E-state index contributed by atoms with van der Waals surface area (Å²) in [5.41, 5.74) is 0. The second-order valence-electron chi connectivity index (χ2n) is 1.92. The van der Waals surface area contributed by atoms with Crippen molar-refractivity contribution in [1.82, 2.24) is 0 Å². The van der Waals surface area contributed by atoms with Gasteiger partial charge in [0.05, 0.1) is 0 Å². The van der Waals surface area contributed by atoms with Gasteiger partial charge in [0.15, 0.2) is 0 Å². The molecule has 0 fully saturated rings. The van der Waals surface area contributed by atoms with Gasteiger partial charge in [0.2, 0.25) is 0 Å². The largest absolute Gasteiger partial charge is 0.359 e. The molecule has 0 aliphatic heterocycles. The topological polar surface area (TPSA) is 18.5 Å². The first kappa shape index (κ1) is 23.2. The van der Waals surface area contributed by atoms with E-state index in [1.807, 2.05) is 20.8 Å². The van der Waals surface area contributed by atoms with E-state index in [2.05, 4.69) is 29.2 Å². The standard InChI is InChI=1S/C3H8O2.3C3H6/c1-4-3-5-2;3*1-3-2/h3H2,1-2H3;3*3H,1H2,2H3. The van der Waals surface area contributed by atoms with Crippen molar-refractivity contribution in [1.29, 1.82) is 0 Å². The van der Waals surface area contributed by atoms with Crippen LogP contribution in [-0.4, -0.2) is 21.0 Å². The van der Waals surface area contributed by atoms with Gasteiger partial charge in [0.25, 0.3) is 0 Å². The zero-order chi connectivity index (χ0) is 12.2. The van der Waals surface area contributed by atoms with Gasteiger partial charge in [0.1, 0.15) is 6.79 Å². The molecule has 0 aromatic carbocycles. The Kier molecular flexibility index (Phi) is 94.4. The molecule has 2 heteroatoms. The van der Waals surface area contributed by atoms with Crippen LogP contribution in [0.25, 0.3) is 0 Å². The number of ether oxygens (including phenoxy) is 2. The molecule has 0 amide bonds. The van der Waals surface area contributed by atoms with Gasteiger partial charge in [-0.05, 0) is 20.8 Å². The average molecular weight is 202 g/mol. The first-order valence-corrected chi connectivity index (χ1v) is 4.35. The van der Waals surface area contributed by atoms with Crippen LogP contribution >= 0.6 is 0 Å². The summed E-state index contributed by atoms with van der Waals surface area (Å²) in [6, 6.07) is 0. The molecule has 14 heavy (non-hydrogen) atoms. The number of hydrogen-bond acceptors (Lipinski definition) is 2. The van der Waals surface area contributed by atoms with Crippen molar-refractivity contribution in [3.63, 3.8) is 0 Å². The van der Waals surface area contributed by atoms with Crippen LogP contribution < -0.4 is 0 Å². The van der Waals surface area contributed by atoms with Gasteiger partial charge >= 0.3 is 0 Å². The predicted molar refractivity (Wildman–Crippen MR) is 66.5 cm³/mol. The van der Waals surface area contributed by atoms with Gasteiger partial charge in [-0.2, -0.15) is 0 Å². The molecule has 0 aromatic heterocycles. The summed E-state index contributed by atoms with van der Waals surface area (Å²) in [7, 11) is 3.17. The van der Waals surface area contributed by atoms with E-state index in [1.54, 1.807) is 32.4 Å². The van der Waals surface area contributed by atoms with Crippen LogP contribution in [-0.2, 0) is 9.47 Å². The average Bonchev–Trinajstić information content (AvgIpc) is 2.09. The lowest BCUT2D eigenvalue weighted by Gasteiger charge is -1.87. The van der Waals surface area contributed by atoms with E-state index in [9.17, 15) is 0 Å². The van der Waals surface area contributed by atoms with Crippen molar-refractivity contribution >= 4 is 0 Å². The molecule has 0 radical (unpaired) electrons. The smallest absolute Gasteiger partial charge is 0.145 e. The molecule has 2 nitrogen and oxygen atoms in total. The van der Waals surface area contributed by atoms with Crippen LogP contribution in [0, 0.1) is 0 Å². The van der Waals surface area contributed by atoms with Gasteiger partial charge in [-0.1, -0.05) is 18.2 Å². The minimum Gasteiger partial charge on any atom is -0.359 e. The SMILES string of the molecule is C=CC.C=CC.C=CC.COCOC. The van der Waals surface area contributed by atoms with E-state index in [0.717, 1.165) is 0 Å². The maximum Gasteiger partial charge on any atom is 0.145 e. The quantitative estimate of drug-likeness (QED) is 0.500. The van der Waals surface area contributed by atoms with Crippen LogP contribution in [0.15, 0.2) is 38.0 Å². The fourth-order valence-electron chi connectivity index (χ4n) is 0.118. The molecule has 0 bridgehead atoms. The van der Waals surface area contributed by atoms with Gasteiger partial charge in [-0.3, -0.25) is 0 Å². The summed E-state index contributed by atoms with van der Waals surface area (Å²) in [6.45, 7) is 16.1. The van der Waals surface area contributed by atoms with E-state index in [1.165, 1.54) is 0 Å². The third kappa shape index (κ3) is 881. The highest BCUT2D eigenvalue weighted by Gasteiger charge is 1.63. The molecule has 0 unspecified atom stereocenters. The molecular formula is C12H26O2. The van der Waals surface area contributed by atoms with Crippen LogP contribution in [0.5, 0.6) is 0 Å². The van der Waals surface area contributed by atoms with Gasteiger partial charge in [0, 0.05) is 14.2 Å². The zero-order valence-electron chi connectivity index (χ0n) is 10.4. The summed E-state index contributed by atoms with van der Waals surface area (Å²) < 4.78 is 8.94. The van der Waals surface area contributed by atoms with E-state index in [4.69, 9.17) is 0 Å². The Morgan fingerprint density at radius 1 is 0.786 bits per heavy atom. The maximum atomic E-state index is 4.47. The van der Waals surface area contributed by atoms with E-state index >= 15 is 0 Å². The molecule has 0 atom stereocenters. The molecule has 0 rings (SSSR count). The van der Waals surface area contributed by atoms with E-state index in [-0.39, 0.29) is 0 Å². The summed E-state index contributed by atoms with van der Waals surface area (Å²) in [5.74, 6) is 0. The highest BCUT2D eigenvalue weighted by atomic mass is 16.6. The lowest BCUT2D eigenvalue weighted by Crippen LogP contribution is -1.87. The number of hydrogen-bond donors (Lipinski definition) is 0. The van der Waals surface area contributed by atoms with Gasteiger partial charge in [-0.25, -0.2) is 0 Å². The second kappa shape index (κ2) is 57.0. The molecule has 86 valence electrons. The summed E-state index contributed by atoms with van der Waals surface area (Å²) in [5, 5.41) is 0. The molecule has 0 aliphatic carbocycles. The first-order chi connectivity index (χ1) is 6.66. The number of methoxy groups -OCH3 is 2. The van der Waals surface area contributed by atoms with E-state index in [0.29, 0.717) is 6.79 Å². The minimum atomic E-state index is 0.389. The monoisotopic (exact) mass is 202 g/mol. The molecule has 0 heterocycles. The zero-order valence-corrected chi connectivity index (χ0v) is 10.4. The van der Waals surface area contributed by atoms with Crippen LogP contribution in [0.1, 0.15) is 20.8 Å². The predicted octanol–water partition coefficient (Wildman–Crippen LogP) is 3.81. The summed E-state index contributed by atoms with van der Waals surface area (Å²) in [4.78, 5) is 0. The molecule has 0 N–H and O–H groups in total. The van der Waals surface area contributed by atoms with Crippen LogP contribution in [0.2, 0.25) is 0 Å². The number of allylic oxidation sites excluding steroid dienone is 3. The Morgan fingerprint density at radius 3 is 0.929 bits per heavy atom. The van der Waals surface area contributed by atoms with Crippen molar-refractivity contribution < 1.29 is 9.47 Å².